The molecule has 0 aliphatic carbocycles. The van der Waals surface area contributed by atoms with Crippen LogP contribution in [0.1, 0.15) is 41.1 Å². The standard InChI is InChI=1S/C50H30O/c1-3-15-34-31(12-1)14-11-23-36(34)39-26-27-44(38-18-6-5-17-37(38)39)49-42-21-9-7-19-40(42)48(41-20-8-10-22-43(41)49)33-25-28-46-45(30-33)50-35-16-4-2-13-32(35)24-29-47(50)51-46/h1-30H/i1D,2D,3D,4D,5D,6D,7D,8D,9D,10D,11D,12D,13D,14D,15D,16D,17D,18D,19D,20D,21D,22D,23D,24D,25D,26D,27D,28D,29D,30D. The number of fused-ring (bicyclic) bond motifs is 9. The molecule has 11 rings (SSSR count). The molecule has 236 valence electrons. The SMILES string of the molecule is [2H]c1c(-c2c3c([2H])c([2H])c([2H])c([2H])c3c(-c3c([2H])c([2H])c(-c4c([2H])c([2H])c([2H])c5c([2H])c([2H])c([2H])c([2H])c45)c4c([2H])c([2H])c([2H])c([2H])c34)c3c([2H])c([2H])c([2H])c([2H])c23)c([2H])c2c(oc3c([2H])c([2H])c4c([2H])c([2H])c([2H])c([2H])c4c32)c1[2H]. The molecule has 1 heteroatoms. The van der Waals surface area contributed by atoms with Gasteiger partial charge in [-0.25, -0.2) is 0 Å². The molecule has 0 bridgehead atoms. The van der Waals surface area contributed by atoms with Crippen LogP contribution in [0, 0.1) is 0 Å². The van der Waals surface area contributed by atoms with E-state index in [0.29, 0.717) is 0 Å². The number of hydrogen-bond donors (Lipinski definition) is 0. The van der Waals surface area contributed by atoms with Gasteiger partial charge in [0.25, 0.3) is 0 Å². The lowest BCUT2D eigenvalue weighted by molar-refractivity contribution is 0.669. The van der Waals surface area contributed by atoms with Gasteiger partial charge in [0.1, 0.15) is 11.2 Å². The summed E-state index contributed by atoms with van der Waals surface area (Å²) >= 11 is 0. The quantitative estimate of drug-likeness (QED) is 0.170. The van der Waals surface area contributed by atoms with Crippen LogP contribution in [0.15, 0.2) is 186 Å². The van der Waals surface area contributed by atoms with Crippen LogP contribution >= 0.6 is 0 Å². The van der Waals surface area contributed by atoms with E-state index in [1.54, 1.807) is 0 Å². The molecule has 0 radical (unpaired) electrons. The Bertz CT molecular complexity index is 4840. The predicted molar refractivity (Wildman–Crippen MR) is 218 cm³/mol. The van der Waals surface area contributed by atoms with Crippen LogP contribution in [-0.4, -0.2) is 0 Å². The first-order valence-corrected chi connectivity index (χ1v) is 15.2. The summed E-state index contributed by atoms with van der Waals surface area (Å²) in [5.74, 6) is 0. The Kier molecular flexibility index (Phi) is 2.50. The molecule has 11 aromatic rings. The number of hydrogen-bond acceptors (Lipinski definition) is 1. The van der Waals surface area contributed by atoms with E-state index in [9.17, 15) is 16.4 Å². The van der Waals surface area contributed by atoms with Crippen molar-refractivity contribution >= 4 is 75.8 Å². The Hall–Kier alpha value is -6.70. The van der Waals surface area contributed by atoms with Crippen LogP contribution in [0.5, 0.6) is 0 Å². The van der Waals surface area contributed by atoms with Gasteiger partial charge in [-0.05, 0) is 105 Å². The highest BCUT2D eigenvalue weighted by Gasteiger charge is 2.20. The molecule has 1 nitrogen and oxygen atoms in total. The monoisotopic (exact) mass is 676 g/mol. The third-order valence-electron chi connectivity index (χ3n) is 8.64. The lowest BCUT2D eigenvalue weighted by Crippen LogP contribution is -1.92. The summed E-state index contributed by atoms with van der Waals surface area (Å²) in [6.07, 6.45) is 0. The Morgan fingerprint density at radius 1 is 0.314 bits per heavy atom. The van der Waals surface area contributed by atoms with Crippen LogP contribution in [0.25, 0.3) is 109 Å². The first-order chi connectivity index (χ1) is 37.8. The molecule has 0 unspecified atom stereocenters. The molecule has 10 aromatic carbocycles. The van der Waals surface area contributed by atoms with E-state index in [2.05, 4.69) is 0 Å². The highest BCUT2D eigenvalue weighted by Crippen LogP contribution is 2.47. The van der Waals surface area contributed by atoms with Gasteiger partial charge in [-0.3, -0.25) is 0 Å². The smallest absolute Gasteiger partial charge is 0.136 e. The van der Waals surface area contributed by atoms with Crippen LogP contribution in [0.4, 0.5) is 0 Å². The second-order valence-corrected chi connectivity index (χ2v) is 11.3. The summed E-state index contributed by atoms with van der Waals surface area (Å²) < 4.78 is 280. The molecular weight excluding hydrogens is 617 g/mol. The van der Waals surface area contributed by atoms with Gasteiger partial charge in [0.05, 0.1) is 41.1 Å². The third-order valence-corrected chi connectivity index (χ3v) is 8.64. The van der Waals surface area contributed by atoms with Gasteiger partial charge in [-0.1, -0.05) is 163 Å². The highest BCUT2D eigenvalue weighted by molar-refractivity contribution is 6.26. The highest BCUT2D eigenvalue weighted by atomic mass is 16.3. The first kappa shape index (κ1) is 11.7. The van der Waals surface area contributed by atoms with E-state index < -0.39 is 290 Å². The second-order valence-electron chi connectivity index (χ2n) is 11.3. The molecule has 0 saturated carbocycles. The third kappa shape index (κ3) is 4.16. The summed E-state index contributed by atoms with van der Waals surface area (Å²) in [4.78, 5) is 0. The fourth-order valence-electron chi connectivity index (χ4n) is 6.52. The minimum Gasteiger partial charge on any atom is -0.456 e. The van der Waals surface area contributed by atoms with E-state index in [4.69, 9.17) is 29.1 Å². The van der Waals surface area contributed by atoms with Crippen molar-refractivity contribution < 1.29 is 45.5 Å². The van der Waals surface area contributed by atoms with Crippen molar-refractivity contribution in [3.63, 3.8) is 0 Å². The largest absolute Gasteiger partial charge is 0.456 e. The van der Waals surface area contributed by atoms with Gasteiger partial charge >= 0.3 is 0 Å². The minimum atomic E-state index is -1.15. The zero-order chi connectivity index (χ0) is 59.6. The van der Waals surface area contributed by atoms with Gasteiger partial charge in [-0.2, -0.15) is 0 Å². The van der Waals surface area contributed by atoms with Crippen molar-refractivity contribution in [2.45, 2.75) is 0 Å². The Morgan fingerprint density at radius 3 is 1.51 bits per heavy atom. The molecule has 0 fully saturated rings. The zero-order valence-corrected chi connectivity index (χ0v) is 25.4. The Labute approximate surface area is 336 Å². The predicted octanol–water partition coefficient (Wildman–Crippen LogP) is 14.4. The van der Waals surface area contributed by atoms with Crippen LogP contribution < -0.4 is 0 Å². The molecule has 1 heterocycles. The number of benzene rings is 10. The van der Waals surface area contributed by atoms with Crippen molar-refractivity contribution in [3.8, 4) is 33.4 Å². The summed E-state index contributed by atoms with van der Waals surface area (Å²) in [7, 11) is 0. The molecule has 0 N–H and O–H groups in total. The number of rotatable bonds is 3. The van der Waals surface area contributed by atoms with E-state index >= 15 is 0 Å². The molecular formula is C50H30O. The average Bonchev–Trinajstić information content (AvgIpc) is 4.05. The Morgan fingerprint density at radius 2 is 0.804 bits per heavy atom. The van der Waals surface area contributed by atoms with Gasteiger partial charge in [0, 0.05) is 10.8 Å². The summed E-state index contributed by atoms with van der Waals surface area (Å²) in [5, 5.41) is -8.08. The molecule has 0 aliphatic rings. The van der Waals surface area contributed by atoms with Crippen molar-refractivity contribution in [1.82, 2.24) is 0 Å². The van der Waals surface area contributed by atoms with E-state index in [-0.39, 0.29) is 0 Å². The van der Waals surface area contributed by atoms with Gasteiger partial charge in [0.15, 0.2) is 0 Å². The molecule has 0 amide bonds. The van der Waals surface area contributed by atoms with Gasteiger partial charge in [0.2, 0.25) is 0 Å². The molecule has 51 heavy (non-hydrogen) atoms. The van der Waals surface area contributed by atoms with Crippen molar-refractivity contribution in [2.24, 2.45) is 0 Å². The second kappa shape index (κ2) is 10.9. The normalized spacial score (nSPS) is 20.2. The lowest BCUT2D eigenvalue weighted by atomic mass is 9.83. The minimum absolute atomic E-state index is 0.432. The van der Waals surface area contributed by atoms with E-state index in [1.165, 1.54) is 0 Å². The van der Waals surface area contributed by atoms with E-state index in [1.807, 2.05) is 0 Å². The fourth-order valence-corrected chi connectivity index (χ4v) is 6.52. The lowest BCUT2D eigenvalue weighted by Gasteiger charge is -2.20. The zero-order valence-electron chi connectivity index (χ0n) is 55.4. The average molecular weight is 677 g/mol. The van der Waals surface area contributed by atoms with Gasteiger partial charge in [-0.15, -0.1) is 0 Å². The maximum atomic E-state index is 9.99. The fraction of sp³-hybridized carbons (Fsp3) is 0. The first-order valence-electron chi connectivity index (χ1n) is 30.2. The van der Waals surface area contributed by atoms with Crippen LogP contribution in [-0.2, 0) is 0 Å². The topological polar surface area (TPSA) is 13.1 Å². The molecule has 1 aromatic heterocycles. The van der Waals surface area contributed by atoms with Crippen molar-refractivity contribution in [2.75, 3.05) is 0 Å². The Balaban J connectivity index is 1.46. The summed E-state index contributed by atoms with van der Waals surface area (Å²) in [6, 6.07) is -28.7. The van der Waals surface area contributed by atoms with Crippen molar-refractivity contribution in [1.29, 1.82) is 0 Å². The maximum absolute atomic E-state index is 9.99. The van der Waals surface area contributed by atoms with E-state index in [0.717, 1.165) is 0 Å². The van der Waals surface area contributed by atoms with Crippen molar-refractivity contribution in [3.05, 3.63) is 181 Å². The van der Waals surface area contributed by atoms with Crippen LogP contribution in [0.3, 0.4) is 0 Å². The van der Waals surface area contributed by atoms with Gasteiger partial charge < -0.3 is 4.42 Å². The molecule has 0 atom stereocenters. The summed E-state index contributed by atoms with van der Waals surface area (Å²) in [5.41, 5.74) is -6.04. The number of furan rings is 1. The maximum Gasteiger partial charge on any atom is 0.136 e. The molecule has 0 spiro atoms. The summed E-state index contributed by atoms with van der Waals surface area (Å²) in [6.45, 7) is 0. The molecule has 0 saturated heterocycles. The van der Waals surface area contributed by atoms with Crippen LogP contribution in [0.2, 0.25) is 0 Å². The molecule has 0 aliphatic heterocycles.